The summed E-state index contributed by atoms with van der Waals surface area (Å²) in [7, 11) is 0. The number of amides is 1. The normalized spacial score (nSPS) is 10.3. The molecule has 6 heteroatoms. The Morgan fingerprint density at radius 3 is 2.67 bits per heavy atom. The molecule has 1 N–H and O–H groups in total. The molecule has 0 unspecified atom stereocenters. The third kappa shape index (κ3) is 3.61. The van der Waals surface area contributed by atoms with Crippen molar-refractivity contribution in [2.45, 2.75) is 13.3 Å². The molecule has 0 radical (unpaired) electrons. The largest absolute Gasteiger partial charge is 0.352 e. The molecule has 1 heterocycles. The first-order valence-electron chi connectivity index (χ1n) is 5.48. The molecule has 0 atom stereocenters. The van der Waals surface area contributed by atoms with Gasteiger partial charge in [0.05, 0.1) is 0 Å². The number of aryl methyl sites for hydroxylation is 1. The Labute approximate surface area is 118 Å². The quantitative estimate of drug-likeness (QED) is 0.940. The lowest BCUT2D eigenvalue weighted by atomic mass is 10.2. The van der Waals surface area contributed by atoms with Crippen molar-refractivity contribution < 1.29 is 4.79 Å². The lowest BCUT2D eigenvalue weighted by Crippen LogP contribution is -2.25. The van der Waals surface area contributed by atoms with Crippen LogP contribution < -0.4 is 5.32 Å². The van der Waals surface area contributed by atoms with Gasteiger partial charge in [0.25, 0.3) is 5.91 Å². The Kier molecular flexibility index (Phi) is 4.43. The second-order valence-corrected chi connectivity index (χ2v) is 5.91. The number of rotatable bonds is 4. The van der Waals surface area contributed by atoms with Crippen LogP contribution in [-0.4, -0.2) is 22.6 Å². The summed E-state index contributed by atoms with van der Waals surface area (Å²) in [5.41, 5.74) is 0.659. The van der Waals surface area contributed by atoms with E-state index >= 15 is 0 Å². The number of carbonyl (C=O) groups excluding carboxylic acids is 1. The summed E-state index contributed by atoms with van der Waals surface area (Å²) in [6.45, 7) is 2.49. The molecule has 2 aromatic rings. The summed E-state index contributed by atoms with van der Waals surface area (Å²) in [4.78, 5) is 11.8. The first-order chi connectivity index (χ1) is 8.65. The average Bonchev–Trinajstić information content (AvgIpc) is 2.76. The number of hydrogen-bond donors (Lipinski definition) is 1. The van der Waals surface area contributed by atoms with Crippen molar-refractivity contribution in [2.24, 2.45) is 0 Å². The number of nitrogens with zero attached hydrogens (tertiary/aromatic N) is 2. The number of aromatic nitrogens is 2. The number of carbonyl (C=O) groups is 1. The summed E-state index contributed by atoms with van der Waals surface area (Å²) in [6, 6.07) is 7.27. The van der Waals surface area contributed by atoms with Crippen LogP contribution in [0.1, 0.15) is 20.4 Å². The molecular formula is C12H12BrN3OS. The Bertz CT molecular complexity index is 539. The van der Waals surface area contributed by atoms with Gasteiger partial charge in [-0.1, -0.05) is 15.9 Å². The molecule has 0 bridgehead atoms. The van der Waals surface area contributed by atoms with Crippen molar-refractivity contribution in [3.63, 3.8) is 0 Å². The maximum Gasteiger partial charge on any atom is 0.251 e. The maximum absolute atomic E-state index is 11.8. The summed E-state index contributed by atoms with van der Waals surface area (Å²) >= 11 is 4.89. The molecule has 94 valence electrons. The van der Waals surface area contributed by atoms with E-state index < -0.39 is 0 Å². The predicted octanol–water partition coefficient (Wildman–Crippen LogP) is 2.58. The molecule has 0 aliphatic rings. The van der Waals surface area contributed by atoms with E-state index in [4.69, 9.17) is 0 Å². The van der Waals surface area contributed by atoms with Crippen molar-refractivity contribution in [1.29, 1.82) is 0 Å². The van der Waals surface area contributed by atoms with Crippen molar-refractivity contribution >= 4 is 33.2 Å². The van der Waals surface area contributed by atoms with Crippen LogP contribution in [0.5, 0.6) is 0 Å². The monoisotopic (exact) mass is 325 g/mol. The van der Waals surface area contributed by atoms with Gasteiger partial charge in [0, 0.05) is 23.0 Å². The Morgan fingerprint density at radius 2 is 2.06 bits per heavy atom. The molecule has 1 amide bonds. The molecule has 2 rings (SSSR count). The van der Waals surface area contributed by atoms with E-state index in [1.165, 1.54) is 0 Å². The third-order valence-electron chi connectivity index (χ3n) is 2.30. The fraction of sp³-hybridized carbons (Fsp3) is 0.250. The standard InChI is InChI=1S/C12H12BrN3OS/c1-8-15-16-11(18-8)6-7-14-12(17)9-2-4-10(13)5-3-9/h2-5H,6-7H2,1H3,(H,14,17). The zero-order valence-corrected chi connectivity index (χ0v) is 12.2. The summed E-state index contributed by atoms with van der Waals surface area (Å²) < 4.78 is 0.961. The number of nitrogens with one attached hydrogen (secondary N) is 1. The summed E-state index contributed by atoms with van der Waals surface area (Å²) in [6.07, 6.45) is 0.716. The van der Waals surface area contributed by atoms with Crippen LogP contribution in [0.4, 0.5) is 0 Å². The Hall–Kier alpha value is -1.27. The highest BCUT2D eigenvalue weighted by atomic mass is 79.9. The molecule has 18 heavy (non-hydrogen) atoms. The molecule has 0 aliphatic heterocycles. The van der Waals surface area contributed by atoms with Gasteiger partial charge in [-0.2, -0.15) is 0 Å². The molecule has 0 fully saturated rings. The fourth-order valence-corrected chi connectivity index (χ4v) is 2.40. The third-order valence-corrected chi connectivity index (χ3v) is 3.73. The van der Waals surface area contributed by atoms with Crippen LogP contribution in [0.25, 0.3) is 0 Å². The topological polar surface area (TPSA) is 54.9 Å². The van der Waals surface area contributed by atoms with Crippen LogP contribution in [0.3, 0.4) is 0 Å². The van der Waals surface area contributed by atoms with Gasteiger partial charge in [-0.3, -0.25) is 4.79 Å². The average molecular weight is 326 g/mol. The van der Waals surface area contributed by atoms with Crippen molar-refractivity contribution in [3.05, 3.63) is 44.3 Å². The van der Waals surface area contributed by atoms with Gasteiger partial charge in [-0.25, -0.2) is 0 Å². The maximum atomic E-state index is 11.8. The van der Waals surface area contributed by atoms with Crippen molar-refractivity contribution in [3.8, 4) is 0 Å². The first kappa shape index (κ1) is 13.2. The molecule has 0 saturated carbocycles. The highest BCUT2D eigenvalue weighted by Gasteiger charge is 2.05. The zero-order valence-electron chi connectivity index (χ0n) is 9.81. The van der Waals surface area contributed by atoms with Gasteiger partial charge in [-0.15, -0.1) is 21.5 Å². The second-order valence-electron chi connectivity index (χ2n) is 3.73. The number of benzene rings is 1. The van der Waals surface area contributed by atoms with Gasteiger partial charge < -0.3 is 5.32 Å². The smallest absolute Gasteiger partial charge is 0.251 e. The molecule has 0 spiro atoms. The molecule has 4 nitrogen and oxygen atoms in total. The molecular weight excluding hydrogens is 314 g/mol. The van der Waals surface area contributed by atoms with E-state index in [0.29, 0.717) is 18.5 Å². The van der Waals surface area contributed by atoms with Crippen LogP contribution >= 0.6 is 27.3 Å². The molecule has 0 saturated heterocycles. The van der Waals surface area contributed by atoms with Crippen molar-refractivity contribution in [1.82, 2.24) is 15.5 Å². The molecule has 0 aliphatic carbocycles. The van der Waals surface area contributed by atoms with E-state index in [1.54, 1.807) is 23.5 Å². The van der Waals surface area contributed by atoms with Gasteiger partial charge in [0.2, 0.25) is 0 Å². The van der Waals surface area contributed by atoms with Gasteiger partial charge >= 0.3 is 0 Å². The van der Waals surface area contributed by atoms with E-state index in [1.807, 2.05) is 19.1 Å². The highest BCUT2D eigenvalue weighted by Crippen LogP contribution is 2.11. The predicted molar refractivity (Wildman–Crippen MR) is 74.8 cm³/mol. The molecule has 1 aromatic carbocycles. The Morgan fingerprint density at radius 1 is 1.33 bits per heavy atom. The van der Waals surface area contributed by atoms with E-state index in [9.17, 15) is 4.79 Å². The van der Waals surface area contributed by atoms with E-state index in [0.717, 1.165) is 14.5 Å². The second kappa shape index (κ2) is 6.06. The fourth-order valence-electron chi connectivity index (χ4n) is 1.42. The first-order valence-corrected chi connectivity index (χ1v) is 7.09. The van der Waals surface area contributed by atoms with E-state index in [2.05, 4.69) is 31.4 Å². The minimum atomic E-state index is -0.0660. The Balaban J connectivity index is 1.83. The van der Waals surface area contributed by atoms with Gasteiger partial charge in [-0.05, 0) is 31.2 Å². The van der Waals surface area contributed by atoms with Crippen LogP contribution in [0, 0.1) is 6.92 Å². The molecule has 1 aromatic heterocycles. The lowest BCUT2D eigenvalue weighted by molar-refractivity contribution is 0.0954. The van der Waals surface area contributed by atoms with Gasteiger partial charge in [0.1, 0.15) is 10.0 Å². The summed E-state index contributed by atoms with van der Waals surface area (Å²) in [5.74, 6) is -0.0660. The zero-order chi connectivity index (χ0) is 13.0. The highest BCUT2D eigenvalue weighted by molar-refractivity contribution is 9.10. The number of hydrogen-bond acceptors (Lipinski definition) is 4. The SMILES string of the molecule is Cc1nnc(CCNC(=O)c2ccc(Br)cc2)s1. The lowest BCUT2D eigenvalue weighted by Gasteiger charge is -2.03. The van der Waals surface area contributed by atoms with Crippen LogP contribution in [0.15, 0.2) is 28.7 Å². The minimum absolute atomic E-state index is 0.0660. The summed E-state index contributed by atoms with van der Waals surface area (Å²) in [5, 5.41) is 12.7. The van der Waals surface area contributed by atoms with Crippen LogP contribution in [0.2, 0.25) is 0 Å². The minimum Gasteiger partial charge on any atom is -0.352 e. The van der Waals surface area contributed by atoms with Gasteiger partial charge in [0.15, 0.2) is 0 Å². The van der Waals surface area contributed by atoms with Crippen molar-refractivity contribution in [2.75, 3.05) is 6.54 Å². The van der Waals surface area contributed by atoms with E-state index in [-0.39, 0.29) is 5.91 Å². The number of halogens is 1. The van der Waals surface area contributed by atoms with Crippen LogP contribution in [-0.2, 0) is 6.42 Å².